The second kappa shape index (κ2) is 7.64. The van der Waals surface area contributed by atoms with Crippen LogP contribution in [0.2, 0.25) is 0 Å². The summed E-state index contributed by atoms with van der Waals surface area (Å²) < 4.78 is 28.8. The van der Waals surface area contributed by atoms with Gasteiger partial charge in [0.15, 0.2) is 5.16 Å². The van der Waals surface area contributed by atoms with E-state index in [2.05, 4.69) is 15.4 Å². The zero-order chi connectivity index (χ0) is 17.8. The average molecular weight is 365 g/mol. The van der Waals surface area contributed by atoms with Crippen molar-refractivity contribution in [3.63, 3.8) is 0 Å². The predicted octanol–water partition coefficient (Wildman–Crippen LogP) is 2.75. The number of fused-ring (bicyclic) bond motifs is 1. The largest absolute Gasteiger partial charge is 0.350 e. The molecule has 9 heteroatoms. The van der Waals surface area contributed by atoms with Crippen molar-refractivity contribution < 1.29 is 13.6 Å². The quantitative estimate of drug-likeness (QED) is 0.654. The molecular formula is C16H17F2N5OS. The number of carbonyl (C=O) groups excluding carboxylic acids is 1. The number of hydrogen-bond acceptors (Lipinski definition) is 4. The Kier molecular flexibility index (Phi) is 5.32. The van der Waals surface area contributed by atoms with Crippen LogP contribution in [-0.2, 0) is 17.9 Å². The minimum absolute atomic E-state index is 0.0704. The number of carbonyl (C=O) groups is 1. The van der Waals surface area contributed by atoms with E-state index in [9.17, 15) is 13.6 Å². The van der Waals surface area contributed by atoms with Crippen molar-refractivity contribution in [2.75, 3.05) is 0 Å². The summed E-state index contributed by atoms with van der Waals surface area (Å²) in [6.07, 6.45) is 3.48. The highest BCUT2D eigenvalue weighted by atomic mass is 32.2. The normalized spacial score (nSPS) is 12.6. The lowest BCUT2D eigenvalue weighted by molar-refractivity contribution is -0.122. The zero-order valence-corrected chi connectivity index (χ0v) is 14.3. The molecule has 6 nitrogen and oxygen atoms in total. The number of aromatic nitrogens is 4. The summed E-state index contributed by atoms with van der Waals surface area (Å²) in [7, 11) is 0. The van der Waals surface area contributed by atoms with Crippen molar-refractivity contribution in [3.05, 3.63) is 42.7 Å². The van der Waals surface area contributed by atoms with Gasteiger partial charge in [-0.15, -0.1) is 0 Å². The second-order valence-electron chi connectivity index (χ2n) is 5.54. The second-order valence-corrected chi connectivity index (χ2v) is 6.50. The fourth-order valence-electron chi connectivity index (χ4n) is 2.57. The Labute approximate surface area is 147 Å². The molecule has 0 saturated heterocycles. The van der Waals surface area contributed by atoms with E-state index in [1.165, 1.54) is 4.57 Å². The number of thioether (sulfide) groups is 1. The third kappa shape index (κ3) is 4.36. The fourth-order valence-corrected chi connectivity index (χ4v) is 3.18. The number of benzene rings is 1. The van der Waals surface area contributed by atoms with Crippen LogP contribution < -0.4 is 5.32 Å². The van der Waals surface area contributed by atoms with Crippen LogP contribution in [0.1, 0.15) is 6.92 Å². The van der Waals surface area contributed by atoms with Gasteiger partial charge in [0.05, 0.1) is 17.6 Å². The lowest BCUT2D eigenvalue weighted by atomic mass is 10.3. The molecule has 0 saturated carbocycles. The van der Waals surface area contributed by atoms with Crippen LogP contribution in [0.25, 0.3) is 11.0 Å². The summed E-state index contributed by atoms with van der Waals surface area (Å²) in [5.41, 5.74) is 1.24. The molecule has 0 unspecified atom stereocenters. The number of nitrogens with one attached hydrogen (secondary N) is 1. The van der Waals surface area contributed by atoms with Gasteiger partial charge in [-0.25, -0.2) is 4.98 Å². The number of halogens is 2. The number of para-hydroxylation sites is 2. The van der Waals surface area contributed by atoms with Gasteiger partial charge in [-0.2, -0.15) is 13.9 Å². The van der Waals surface area contributed by atoms with Crippen molar-refractivity contribution in [1.29, 1.82) is 0 Å². The van der Waals surface area contributed by atoms with Gasteiger partial charge in [0.1, 0.15) is 6.54 Å². The highest BCUT2D eigenvalue weighted by molar-refractivity contribution is 7.99. The standard InChI is InChI=1S/C16H17F2N5OS/c1-11(9-22-8-4-7-19-22)20-14(24)10-23-13-6-3-2-5-12(13)21-16(23)25-15(17)18/h2-8,11,15H,9-10H2,1H3,(H,20,24)/t11-/m0/s1. The lowest BCUT2D eigenvalue weighted by Crippen LogP contribution is -2.37. The Hall–Kier alpha value is -2.42. The first-order valence-electron chi connectivity index (χ1n) is 7.70. The molecule has 1 N–H and O–H groups in total. The van der Waals surface area contributed by atoms with Crippen molar-refractivity contribution in [2.45, 2.75) is 37.0 Å². The van der Waals surface area contributed by atoms with E-state index in [1.54, 1.807) is 41.2 Å². The van der Waals surface area contributed by atoms with E-state index in [0.717, 1.165) is 0 Å². The Morgan fingerprint density at radius 1 is 1.32 bits per heavy atom. The lowest BCUT2D eigenvalue weighted by Gasteiger charge is -2.15. The number of imidazole rings is 1. The number of alkyl halides is 2. The minimum atomic E-state index is -2.60. The molecule has 25 heavy (non-hydrogen) atoms. The molecule has 2 heterocycles. The first kappa shape index (κ1) is 17.4. The van der Waals surface area contributed by atoms with Gasteiger partial charge in [0, 0.05) is 18.4 Å². The molecule has 0 aliphatic heterocycles. The molecule has 2 aromatic heterocycles. The molecule has 1 amide bonds. The summed E-state index contributed by atoms with van der Waals surface area (Å²) in [6.45, 7) is 2.32. The van der Waals surface area contributed by atoms with Gasteiger partial charge < -0.3 is 9.88 Å². The highest BCUT2D eigenvalue weighted by Gasteiger charge is 2.18. The Morgan fingerprint density at radius 3 is 2.84 bits per heavy atom. The number of rotatable bonds is 7. The average Bonchev–Trinajstić information content (AvgIpc) is 3.15. The third-order valence-electron chi connectivity index (χ3n) is 3.54. The zero-order valence-electron chi connectivity index (χ0n) is 13.5. The highest BCUT2D eigenvalue weighted by Crippen LogP contribution is 2.28. The van der Waals surface area contributed by atoms with Gasteiger partial charge in [-0.05, 0) is 36.9 Å². The maximum Gasteiger partial charge on any atom is 0.291 e. The maximum absolute atomic E-state index is 12.8. The molecule has 132 valence electrons. The van der Waals surface area contributed by atoms with Gasteiger partial charge in [-0.3, -0.25) is 9.48 Å². The van der Waals surface area contributed by atoms with Crippen LogP contribution in [0.4, 0.5) is 8.78 Å². The van der Waals surface area contributed by atoms with Gasteiger partial charge in [-0.1, -0.05) is 12.1 Å². The molecule has 0 radical (unpaired) electrons. The smallest absolute Gasteiger partial charge is 0.291 e. The topological polar surface area (TPSA) is 64.7 Å². The summed E-state index contributed by atoms with van der Waals surface area (Å²) >= 11 is 0.340. The van der Waals surface area contributed by atoms with Crippen LogP contribution in [0.5, 0.6) is 0 Å². The van der Waals surface area contributed by atoms with Crippen molar-refractivity contribution in [1.82, 2.24) is 24.6 Å². The van der Waals surface area contributed by atoms with E-state index >= 15 is 0 Å². The summed E-state index contributed by atoms with van der Waals surface area (Å²) in [5.74, 6) is -2.86. The monoisotopic (exact) mass is 365 g/mol. The van der Waals surface area contributed by atoms with Crippen LogP contribution in [-0.4, -0.2) is 37.0 Å². The van der Waals surface area contributed by atoms with E-state index in [4.69, 9.17) is 0 Å². The minimum Gasteiger partial charge on any atom is -0.350 e. The van der Waals surface area contributed by atoms with Gasteiger partial charge in [0.2, 0.25) is 5.91 Å². The Balaban J connectivity index is 1.73. The molecule has 3 rings (SSSR count). The van der Waals surface area contributed by atoms with E-state index in [0.29, 0.717) is 29.3 Å². The SMILES string of the molecule is C[C@@H](Cn1cccn1)NC(=O)Cn1c(SC(F)F)nc2ccccc21. The predicted molar refractivity (Wildman–Crippen MR) is 91.4 cm³/mol. The molecule has 0 aliphatic carbocycles. The van der Waals surface area contributed by atoms with E-state index in [1.807, 2.05) is 13.1 Å². The Morgan fingerprint density at radius 2 is 2.12 bits per heavy atom. The molecule has 0 bridgehead atoms. The molecule has 1 aromatic carbocycles. The summed E-state index contributed by atoms with van der Waals surface area (Å²) in [5, 5.41) is 7.08. The molecule has 0 spiro atoms. The first-order valence-corrected chi connectivity index (χ1v) is 8.58. The Bertz CT molecular complexity index is 849. The molecule has 1 atom stereocenters. The van der Waals surface area contributed by atoms with Crippen molar-refractivity contribution in [3.8, 4) is 0 Å². The van der Waals surface area contributed by atoms with Crippen LogP contribution >= 0.6 is 11.8 Å². The maximum atomic E-state index is 12.8. The van der Waals surface area contributed by atoms with Gasteiger partial charge in [0.25, 0.3) is 5.76 Å². The number of amides is 1. The number of nitrogens with zero attached hydrogens (tertiary/aromatic N) is 4. The molecule has 0 aliphatic rings. The molecular weight excluding hydrogens is 348 g/mol. The van der Waals surface area contributed by atoms with Gasteiger partial charge >= 0.3 is 0 Å². The van der Waals surface area contributed by atoms with Crippen LogP contribution in [0, 0.1) is 0 Å². The van der Waals surface area contributed by atoms with E-state index in [-0.39, 0.29) is 23.7 Å². The van der Waals surface area contributed by atoms with Crippen LogP contribution in [0.3, 0.4) is 0 Å². The van der Waals surface area contributed by atoms with E-state index < -0.39 is 5.76 Å². The van der Waals surface area contributed by atoms with Crippen molar-refractivity contribution >= 4 is 28.7 Å². The fraction of sp³-hybridized carbons (Fsp3) is 0.312. The summed E-state index contributed by atoms with van der Waals surface area (Å²) in [4.78, 5) is 16.5. The third-order valence-corrected chi connectivity index (χ3v) is 4.24. The number of hydrogen-bond donors (Lipinski definition) is 1. The van der Waals surface area contributed by atoms with Crippen LogP contribution in [0.15, 0.2) is 47.9 Å². The first-order chi connectivity index (χ1) is 12.0. The molecule has 0 fully saturated rings. The molecule has 3 aromatic rings. The van der Waals surface area contributed by atoms with Crippen molar-refractivity contribution in [2.24, 2.45) is 0 Å². The summed E-state index contributed by atoms with van der Waals surface area (Å²) in [6, 6.07) is 8.73.